The van der Waals surface area contributed by atoms with Gasteiger partial charge in [-0.25, -0.2) is 8.78 Å². The van der Waals surface area contributed by atoms with Crippen LogP contribution >= 0.6 is 0 Å². The van der Waals surface area contributed by atoms with Crippen LogP contribution in [-0.4, -0.2) is 52.7 Å². The van der Waals surface area contributed by atoms with Gasteiger partial charge in [-0.1, -0.05) is 6.92 Å². The topological polar surface area (TPSA) is 104 Å². The average molecular weight is 385 g/mol. The zero-order valence-electron chi connectivity index (χ0n) is 14.9. The molecule has 1 aromatic rings. The fourth-order valence-electron chi connectivity index (χ4n) is 4.28. The molecule has 0 aliphatic carbocycles. The fraction of sp³-hybridized carbons (Fsp3) is 0.500. The summed E-state index contributed by atoms with van der Waals surface area (Å²) in [4.78, 5) is 34.5. The highest BCUT2D eigenvalue weighted by Crippen LogP contribution is 2.52. The predicted octanol–water partition coefficient (Wildman–Crippen LogP) is 2.53. The van der Waals surface area contributed by atoms with Crippen LogP contribution in [0.5, 0.6) is 5.75 Å². The molecule has 2 aliphatic rings. The van der Waals surface area contributed by atoms with Crippen molar-refractivity contribution >= 4 is 18.3 Å². The normalized spacial score (nSPS) is 25.6. The number of ether oxygens (including phenoxy) is 1. The summed E-state index contributed by atoms with van der Waals surface area (Å²) in [5.41, 5.74) is -1.48. The Morgan fingerprint density at radius 1 is 1.37 bits per heavy atom. The van der Waals surface area contributed by atoms with Crippen molar-refractivity contribution in [2.45, 2.75) is 44.7 Å². The van der Waals surface area contributed by atoms with Crippen molar-refractivity contribution in [3.8, 4) is 5.75 Å². The van der Waals surface area contributed by atoms with E-state index < -0.39 is 40.5 Å². The SMILES string of the molecule is CC[C@@]1(C(=O)O)C[C@@H]2CC[C@H]1N2C(=O)c1c(OC)ccc(F)c1F.O=CO. The summed E-state index contributed by atoms with van der Waals surface area (Å²) in [5, 5.41) is 16.5. The number of rotatable bonds is 4. The number of fused-ring (bicyclic) bond motifs is 2. The molecule has 1 aromatic carbocycles. The Morgan fingerprint density at radius 3 is 2.48 bits per heavy atom. The second-order valence-corrected chi connectivity index (χ2v) is 6.52. The Bertz CT molecular complexity index is 756. The minimum atomic E-state index is -1.26. The van der Waals surface area contributed by atoms with Crippen LogP contribution in [0, 0.1) is 17.0 Å². The number of carboxylic acids is 1. The zero-order valence-corrected chi connectivity index (χ0v) is 14.9. The molecular formula is C18H21F2NO6. The summed E-state index contributed by atoms with van der Waals surface area (Å²) in [6, 6.07) is 1.32. The highest BCUT2D eigenvalue weighted by Gasteiger charge is 2.61. The second-order valence-electron chi connectivity index (χ2n) is 6.52. The van der Waals surface area contributed by atoms with Gasteiger partial charge < -0.3 is 19.8 Å². The highest BCUT2D eigenvalue weighted by molar-refractivity contribution is 5.98. The highest BCUT2D eigenvalue weighted by atomic mass is 19.2. The molecule has 0 unspecified atom stereocenters. The molecular weight excluding hydrogens is 364 g/mol. The van der Waals surface area contributed by atoms with Gasteiger partial charge in [0.1, 0.15) is 11.3 Å². The van der Waals surface area contributed by atoms with Crippen molar-refractivity contribution in [3.05, 3.63) is 29.3 Å². The van der Waals surface area contributed by atoms with Crippen molar-refractivity contribution in [1.29, 1.82) is 0 Å². The van der Waals surface area contributed by atoms with Gasteiger partial charge in [0.15, 0.2) is 11.6 Å². The van der Waals surface area contributed by atoms with E-state index in [9.17, 15) is 23.5 Å². The Balaban J connectivity index is 0.000000817. The molecule has 0 aromatic heterocycles. The van der Waals surface area contributed by atoms with Crippen molar-refractivity contribution in [2.24, 2.45) is 5.41 Å². The van der Waals surface area contributed by atoms with Crippen LogP contribution < -0.4 is 4.74 Å². The van der Waals surface area contributed by atoms with E-state index in [4.69, 9.17) is 14.6 Å². The van der Waals surface area contributed by atoms with Crippen molar-refractivity contribution < 1.29 is 38.1 Å². The molecule has 3 atom stereocenters. The lowest BCUT2D eigenvalue weighted by Gasteiger charge is -2.32. The van der Waals surface area contributed by atoms with Gasteiger partial charge in [-0.05, 0) is 37.8 Å². The standard InChI is InChI=1S/C17H19F2NO4.CH2O2/c1-3-17(16(22)23)8-9-4-7-12(17)20(9)15(21)13-11(24-2)6-5-10(18)14(13)19;2-1-3/h5-6,9,12H,3-4,7-8H2,1-2H3,(H,22,23);1H,(H,2,3)/t9-,12+,17+;/m0./s1. The van der Waals surface area contributed by atoms with Crippen LogP contribution in [0.3, 0.4) is 0 Å². The summed E-state index contributed by atoms with van der Waals surface area (Å²) in [6.45, 7) is 1.53. The van der Waals surface area contributed by atoms with Gasteiger partial charge >= 0.3 is 5.97 Å². The molecule has 2 fully saturated rings. The molecule has 2 saturated heterocycles. The van der Waals surface area contributed by atoms with E-state index >= 15 is 0 Å². The van der Waals surface area contributed by atoms with E-state index in [1.807, 2.05) is 0 Å². The maximum atomic E-state index is 14.2. The van der Waals surface area contributed by atoms with Crippen LogP contribution in [0.2, 0.25) is 0 Å². The van der Waals surface area contributed by atoms with E-state index in [2.05, 4.69) is 0 Å². The Hall–Kier alpha value is -2.71. The van der Waals surface area contributed by atoms with Gasteiger partial charge in [-0.2, -0.15) is 0 Å². The van der Waals surface area contributed by atoms with Crippen LogP contribution in [0.1, 0.15) is 43.0 Å². The molecule has 2 aliphatic heterocycles. The molecule has 2 bridgehead atoms. The number of methoxy groups -OCH3 is 1. The lowest BCUT2D eigenvalue weighted by molar-refractivity contribution is -0.151. The van der Waals surface area contributed by atoms with Crippen LogP contribution in [0.15, 0.2) is 12.1 Å². The summed E-state index contributed by atoms with van der Waals surface area (Å²) in [6.07, 6.45) is 1.95. The number of carboxylic acid groups (broad SMARTS) is 2. The van der Waals surface area contributed by atoms with Gasteiger partial charge in [-0.15, -0.1) is 0 Å². The predicted molar refractivity (Wildman–Crippen MR) is 89.6 cm³/mol. The summed E-state index contributed by atoms with van der Waals surface area (Å²) in [5.74, 6) is -4.09. The van der Waals surface area contributed by atoms with Crippen molar-refractivity contribution in [1.82, 2.24) is 4.90 Å². The Morgan fingerprint density at radius 2 is 2.00 bits per heavy atom. The number of carbonyl (C=O) groups excluding carboxylic acids is 1. The smallest absolute Gasteiger partial charge is 0.311 e. The molecule has 27 heavy (non-hydrogen) atoms. The lowest BCUT2D eigenvalue weighted by atomic mass is 9.72. The third kappa shape index (κ3) is 3.22. The number of amides is 1. The number of aliphatic carboxylic acids is 1. The fourth-order valence-corrected chi connectivity index (χ4v) is 4.28. The minimum Gasteiger partial charge on any atom is -0.496 e. The lowest BCUT2D eigenvalue weighted by Crippen LogP contribution is -2.45. The quantitative estimate of drug-likeness (QED) is 0.772. The molecule has 0 spiro atoms. The Kier molecular flexibility index (Phi) is 6.02. The molecule has 3 rings (SSSR count). The number of carbonyl (C=O) groups is 3. The summed E-state index contributed by atoms with van der Waals surface area (Å²) in [7, 11) is 1.27. The molecule has 1 amide bonds. The van der Waals surface area contributed by atoms with E-state index in [0.29, 0.717) is 25.7 Å². The summed E-state index contributed by atoms with van der Waals surface area (Å²) < 4.78 is 32.9. The van der Waals surface area contributed by atoms with Crippen LogP contribution in [0.4, 0.5) is 8.78 Å². The molecule has 2 heterocycles. The number of nitrogens with zero attached hydrogens (tertiary/aromatic N) is 1. The van der Waals surface area contributed by atoms with E-state index in [0.717, 1.165) is 6.07 Å². The monoisotopic (exact) mass is 385 g/mol. The number of benzene rings is 1. The first-order valence-electron chi connectivity index (χ1n) is 8.44. The van der Waals surface area contributed by atoms with E-state index in [-0.39, 0.29) is 18.3 Å². The van der Waals surface area contributed by atoms with Crippen LogP contribution in [0.25, 0.3) is 0 Å². The van der Waals surface area contributed by atoms with E-state index in [1.165, 1.54) is 18.1 Å². The first kappa shape index (κ1) is 20.6. The molecule has 2 N–H and O–H groups in total. The molecule has 0 saturated carbocycles. The van der Waals surface area contributed by atoms with Crippen LogP contribution in [-0.2, 0) is 9.59 Å². The van der Waals surface area contributed by atoms with Gasteiger partial charge in [-0.3, -0.25) is 14.4 Å². The Labute approximate surface area is 154 Å². The zero-order chi connectivity index (χ0) is 20.4. The molecule has 7 nitrogen and oxygen atoms in total. The average Bonchev–Trinajstić information content (AvgIpc) is 3.20. The maximum Gasteiger partial charge on any atom is 0.311 e. The minimum absolute atomic E-state index is 0.0531. The largest absolute Gasteiger partial charge is 0.496 e. The van der Waals surface area contributed by atoms with Crippen molar-refractivity contribution in [2.75, 3.05) is 7.11 Å². The molecule has 9 heteroatoms. The number of hydrogen-bond donors (Lipinski definition) is 2. The summed E-state index contributed by atoms with van der Waals surface area (Å²) >= 11 is 0. The first-order valence-corrected chi connectivity index (χ1v) is 8.44. The number of hydrogen-bond acceptors (Lipinski definition) is 4. The van der Waals surface area contributed by atoms with Gasteiger partial charge in [0.25, 0.3) is 12.4 Å². The third-order valence-corrected chi connectivity index (χ3v) is 5.52. The first-order chi connectivity index (χ1) is 12.8. The molecule has 148 valence electrons. The second kappa shape index (κ2) is 7.89. The van der Waals surface area contributed by atoms with Gasteiger partial charge in [0, 0.05) is 12.1 Å². The maximum absolute atomic E-state index is 14.2. The van der Waals surface area contributed by atoms with Gasteiger partial charge in [0.05, 0.1) is 12.5 Å². The molecule has 0 radical (unpaired) electrons. The third-order valence-electron chi connectivity index (χ3n) is 5.52. The van der Waals surface area contributed by atoms with Gasteiger partial charge in [0.2, 0.25) is 0 Å². The number of halogens is 2. The van der Waals surface area contributed by atoms with E-state index in [1.54, 1.807) is 6.92 Å². The van der Waals surface area contributed by atoms with Crippen molar-refractivity contribution in [3.63, 3.8) is 0 Å².